The molecule has 0 aromatic carbocycles. The molecule has 0 heterocycles. The molecule has 1 rings (SSSR count). The standard InChI is InChI=1S/C11H20ClNO/c1-2-4-11(14)13-8-9-5-3-6-10(12)7-9/h9-10H,2-8H2,1H3,(H,13,14). The molecular weight excluding hydrogens is 198 g/mol. The van der Waals surface area contributed by atoms with Gasteiger partial charge in [0.15, 0.2) is 0 Å². The van der Waals surface area contributed by atoms with Crippen LogP contribution in [0.5, 0.6) is 0 Å². The van der Waals surface area contributed by atoms with E-state index in [4.69, 9.17) is 11.6 Å². The van der Waals surface area contributed by atoms with Crippen LogP contribution in [0.4, 0.5) is 0 Å². The number of hydrogen-bond donors (Lipinski definition) is 1. The summed E-state index contributed by atoms with van der Waals surface area (Å²) in [6.45, 7) is 2.84. The molecule has 0 aliphatic heterocycles. The van der Waals surface area contributed by atoms with Crippen LogP contribution in [0.3, 0.4) is 0 Å². The van der Waals surface area contributed by atoms with E-state index in [1.54, 1.807) is 0 Å². The predicted molar refractivity (Wildman–Crippen MR) is 59.5 cm³/mol. The fraction of sp³-hybridized carbons (Fsp3) is 0.909. The van der Waals surface area contributed by atoms with Gasteiger partial charge in [0.2, 0.25) is 5.91 Å². The second-order valence-corrected chi connectivity index (χ2v) is 4.80. The highest BCUT2D eigenvalue weighted by atomic mass is 35.5. The van der Waals surface area contributed by atoms with Gasteiger partial charge in [-0.1, -0.05) is 13.3 Å². The fourth-order valence-corrected chi connectivity index (χ4v) is 2.39. The van der Waals surface area contributed by atoms with Gasteiger partial charge in [-0.05, 0) is 31.6 Å². The van der Waals surface area contributed by atoms with Gasteiger partial charge in [-0.3, -0.25) is 4.79 Å². The summed E-state index contributed by atoms with van der Waals surface area (Å²) in [6.07, 6.45) is 6.21. The molecule has 0 aromatic rings. The number of nitrogens with one attached hydrogen (secondary N) is 1. The zero-order chi connectivity index (χ0) is 10.4. The molecule has 2 atom stereocenters. The lowest BCUT2D eigenvalue weighted by atomic mass is 9.89. The lowest BCUT2D eigenvalue weighted by molar-refractivity contribution is -0.121. The zero-order valence-corrected chi connectivity index (χ0v) is 9.65. The van der Waals surface area contributed by atoms with Crippen LogP contribution in [-0.4, -0.2) is 17.8 Å². The maximum atomic E-state index is 11.2. The van der Waals surface area contributed by atoms with E-state index in [-0.39, 0.29) is 5.91 Å². The Balaban J connectivity index is 2.14. The Hall–Kier alpha value is -0.240. The van der Waals surface area contributed by atoms with Crippen LogP contribution < -0.4 is 5.32 Å². The highest BCUT2D eigenvalue weighted by Crippen LogP contribution is 2.27. The summed E-state index contributed by atoms with van der Waals surface area (Å²) in [6, 6.07) is 0. The van der Waals surface area contributed by atoms with Gasteiger partial charge >= 0.3 is 0 Å². The Morgan fingerprint density at radius 3 is 2.93 bits per heavy atom. The molecule has 0 bridgehead atoms. The van der Waals surface area contributed by atoms with Gasteiger partial charge in [-0.25, -0.2) is 0 Å². The van der Waals surface area contributed by atoms with Crippen molar-refractivity contribution >= 4 is 17.5 Å². The van der Waals surface area contributed by atoms with Crippen molar-refractivity contribution in [3.05, 3.63) is 0 Å². The van der Waals surface area contributed by atoms with Crippen molar-refractivity contribution in [3.63, 3.8) is 0 Å². The van der Waals surface area contributed by atoms with Gasteiger partial charge in [-0.15, -0.1) is 11.6 Å². The topological polar surface area (TPSA) is 29.1 Å². The van der Waals surface area contributed by atoms with Gasteiger partial charge in [0.05, 0.1) is 0 Å². The first-order valence-corrected chi connectivity index (χ1v) is 6.06. The minimum absolute atomic E-state index is 0.184. The number of amides is 1. The van der Waals surface area contributed by atoms with E-state index in [2.05, 4.69) is 5.32 Å². The highest BCUT2D eigenvalue weighted by Gasteiger charge is 2.20. The molecule has 1 fully saturated rings. The summed E-state index contributed by atoms with van der Waals surface area (Å²) in [5, 5.41) is 3.31. The molecule has 2 unspecified atom stereocenters. The first-order valence-electron chi connectivity index (χ1n) is 5.63. The van der Waals surface area contributed by atoms with E-state index in [0.717, 1.165) is 25.8 Å². The normalized spacial score (nSPS) is 27.3. The lowest BCUT2D eigenvalue weighted by Crippen LogP contribution is -2.31. The number of carbonyl (C=O) groups excluding carboxylic acids is 1. The predicted octanol–water partition coefficient (Wildman–Crippen LogP) is 2.70. The second-order valence-electron chi connectivity index (χ2n) is 4.18. The molecule has 0 aromatic heterocycles. The fourth-order valence-electron chi connectivity index (χ4n) is 1.98. The van der Waals surface area contributed by atoms with Crippen molar-refractivity contribution in [2.75, 3.05) is 6.54 Å². The van der Waals surface area contributed by atoms with Crippen LogP contribution in [0, 0.1) is 5.92 Å². The maximum Gasteiger partial charge on any atom is 0.219 e. The Morgan fingerprint density at radius 2 is 2.29 bits per heavy atom. The van der Waals surface area contributed by atoms with Crippen LogP contribution in [0.25, 0.3) is 0 Å². The van der Waals surface area contributed by atoms with Crippen molar-refractivity contribution < 1.29 is 4.79 Å². The Bertz CT molecular complexity index is 184. The smallest absolute Gasteiger partial charge is 0.219 e. The molecule has 0 radical (unpaired) electrons. The third-order valence-corrected chi connectivity index (χ3v) is 3.18. The highest BCUT2D eigenvalue weighted by molar-refractivity contribution is 6.20. The molecule has 1 amide bonds. The van der Waals surface area contributed by atoms with E-state index in [9.17, 15) is 4.79 Å². The van der Waals surface area contributed by atoms with Crippen molar-refractivity contribution in [1.29, 1.82) is 0 Å². The SMILES string of the molecule is CCCC(=O)NCC1CCCC(Cl)C1. The van der Waals surface area contributed by atoms with Gasteiger partial charge in [0.25, 0.3) is 0 Å². The van der Waals surface area contributed by atoms with E-state index in [1.165, 1.54) is 12.8 Å². The monoisotopic (exact) mass is 217 g/mol. The number of carbonyl (C=O) groups is 1. The first-order chi connectivity index (χ1) is 6.72. The van der Waals surface area contributed by atoms with Gasteiger partial charge in [-0.2, -0.15) is 0 Å². The molecular formula is C11H20ClNO. The zero-order valence-electron chi connectivity index (χ0n) is 8.89. The maximum absolute atomic E-state index is 11.2. The average Bonchev–Trinajstić information content (AvgIpc) is 2.15. The molecule has 1 aliphatic carbocycles. The molecule has 3 heteroatoms. The lowest BCUT2D eigenvalue weighted by Gasteiger charge is -2.25. The Kier molecular flexibility index (Phi) is 5.31. The molecule has 0 spiro atoms. The summed E-state index contributed by atoms with van der Waals surface area (Å²) in [4.78, 5) is 11.2. The summed E-state index contributed by atoms with van der Waals surface area (Å²) >= 11 is 6.08. The molecule has 82 valence electrons. The van der Waals surface area contributed by atoms with Crippen molar-refractivity contribution in [2.45, 2.75) is 50.8 Å². The van der Waals surface area contributed by atoms with Gasteiger partial charge in [0.1, 0.15) is 0 Å². The average molecular weight is 218 g/mol. The molecule has 2 nitrogen and oxygen atoms in total. The van der Waals surface area contributed by atoms with Crippen LogP contribution in [0.15, 0.2) is 0 Å². The minimum Gasteiger partial charge on any atom is -0.356 e. The van der Waals surface area contributed by atoms with E-state index in [0.29, 0.717) is 17.7 Å². The third-order valence-electron chi connectivity index (χ3n) is 2.78. The van der Waals surface area contributed by atoms with E-state index >= 15 is 0 Å². The van der Waals surface area contributed by atoms with Crippen LogP contribution in [0.2, 0.25) is 0 Å². The molecule has 1 aliphatic rings. The summed E-state index contributed by atoms with van der Waals surface area (Å²) in [7, 11) is 0. The van der Waals surface area contributed by atoms with Crippen molar-refractivity contribution in [3.8, 4) is 0 Å². The minimum atomic E-state index is 0.184. The quantitative estimate of drug-likeness (QED) is 0.721. The first kappa shape index (κ1) is 11.8. The van der Waals surface area contributed by atoms with Gasteiger partial charge < -0.3 is 5.32 Å². The number of rotatable bonds is 4. The number of alkyl halides is 1. The summed E-state index contributed by atoms with van der Waals surface area (Å²) in [5.74, 6) is 0.788. The largest absolute Gasteiger partial charge is 0.356 e. The van der Waals surface area contributed by atoms with E-state index < -0.39 is 0 Å². The summed E-state index contributed by atoms with van der Waals surface area (Å²) in [5.41, 5.74) is 0. The van der Waals surface area contributed by atoms with Gasteiger partial charge in [0, 0.05) is 18.3 Å². The van der Waals surface area contributed by atoms with E-state index in [1.807, 2.05) is 6.92 Å². The molecule has 14 heavy (non-hydrogen) atoms. The number of hydrogen-bond acceptors (Lipinski definition) is 1. The second kappa shape index (κ2) is 6.28. The van der Waals surface area contributed by atoms with Crippen LogP contribution >= 0.6 is 11.6 Å². The molecule has 0 saturated heterocycles. The van der Waals surface area contributed by atoms with Crippen LogP contribution in [0.1, 0.15) is 45.4 Å². The third kappa shape index (κ3) is 4.32. The number of halogens is 1. The summed E-state index contributed by atoms with van der Waals surface area (Å²) < 4.78 is 0. The van der Waals surface area contributed by atoms with Crippen molar-refractivity contribution in [2.24, 2.45) is 5.92 Å². The Morgan fingerprint density at radius 1 is 1.50 bits per heavy atom. The van der Waals surface area contributed by atoms with Crippen LogP contribution in [-0.2, 0) is 4.79 Å². The van der Waals surface area contributed by atoms with Crippen molar-refractivity contribution in [1.82, 2.24) is 5.32 Å². The molecule has 1 N–H and O–H groups in total. The molecule has 1 saturated carbocycles. The Labute approximate surface area is 91.4 Å².